The summed E-state index contributed by atoms with van der Waals surface area (Å²) < 4.78 is 6.31. The minimum absolute atomic E-state index is 0.104. The number of aromatic nitrogens is 1. The van der Waals surface area contributed by atoms with Crippen LogP contribution >= 0.6 is 0 Å². The van der Waals surface area contributed by atoms with E-state index in [4.69, 9.17) is 10.5 Å². The van der Waals surface area contributed by atoms with E-state index in [1.165, 1.54) is 7.11 Å². The smallest absolute Gasteiger partial charge is 0.345 e. The Hall–Kier alpha value is -2.76. The van der Waals surface area contributed by atoms with Crippen molar-refractivity contribution in [2.24, 2.45) is 0 Å². The molecule has 1 aliphatic rings. The Balaban J connectivity index is 2.42. The molecule has 1 aromatic carbocycles. The van der Waals surface area contributed by atoms with Crippen molar-refractivity contribution < 1.29 is 14.6 Å². The standard InChI is InChI=1S/C17H18N2O4/c1-9-5-6-10(20)8-11(9)13-12-4-3-7-19(12)16(21)14(15(13)18)17(22)23-2/h5-6,8,20H,3-4,7,18H2,1-2H3. The summed E-state index contributed by atoms with van der Waals surface area (Å²) in [5, 5.41) is 9.82. The highest BCUT2D eigenvalue weighted by Gasteiger charge is 2.28. The summed E-state index contributed by atoms with van der Waals surface area (Å²) in [6.07, 6.45) is 1.51. The molecule has 0 aliphatic carbocycles. The number of pyridine rings is 1. The highest BCUT2D eigenvalue weighted by molar-refractivity contribution is 6.00. The van der Waals surface area contributed by atoms with Gasteiger partial charge in [0.2, 0.25) is 0 Å². The summed E-state index contributed by atoms with van der Waals surface area (Å²) in [7, 11) is 1.22. The van der Waals surface area contributed by atoms with Gasteiger partial charge in [-0.2, -0.15) is 0 Å². The Morgan fingerprint density at radius 3 is 2.83 bits per heavy atom. The van der Waals surface area contributed by atoms with Crippen LogP contribution in [0.25, 0.3) is 11.1 Å². The molecule has 6 nitrogen and oxygen atoms in total. The molecule has 0 radical (unpaired) electrons. The number of nitrogen functional groups attached to an aromatic ring is 1. The highest BCUT2D eigenvalue weighted by atomic mass is 16.5. The fourth-order valence-electron chi connectivity index (χ4n) is 3.17. The van der Waals surface area contributed by atoms with Gasteiger partial charge >= 0.3 is 5.97 Å². The maximum absolute atomic E-state index is 12.6. The fraction of sp³-hybridized carbons (Fsp3) is 0.294. The zero-order valence-electron chi connectivity index (χ0n) is 13.0. The number of rotatable bonds is 2. The fourth-order valence-corrected chi connectivity index (χ4v) is 3.17. The highest BCUT2D eigenvalue weighted by Crippen LogP contribution is 2.37. The number of esters is 1. The van der Waals surface area contributed by atoms with E-state index in [-0.39, 0.29) is 17.0 Å². The van der Waals surface area contributed by atoms with Gasteiger partial charge in [-0.05, 0) is 43.0 Å². The molecule has 0 saturated carbocycles. The number of ether oxygens (including phenoxy) is 1. The maximum atomic E-state index is 12.6. The van der Waals surface area contributed by atoms with Crippen molar-refractivity contribution in [2.75, 3.05) is 12.8 Å². The molecule has 6 heteroatoms. The van der Waals surface area contributed by atoms with E-state index in [9.17, 15) is 14.7 Å². The van der Waals surface area contributed by atoms with Crippen molar-refractivity contribution in [1.82, 2.24) is 4.57 Å². The first-order valence-corrected chi connectivity index (χ1v) is 7.39. The zero-order valence-corrected chi connectivity index (χ0v) is 13.0. The van der Waals surface area contributed by atoms with Crippen LogP contribution in [-0.2, 0) is 17.7 Å². The molecule has 0 spiro atoms. The lowest BCUT2D eigenvalue weighted by atomic mass is 9.94. The number of phenolic OH excluding ortho intramolecular Hbond substituents is 1. The SMILES string of the molecule is COC(=O)c1c(N)c(-c2cc(O)ccc2C)c2n(c1=O)CCC2. The lowest BCUT2D eigenvalue weighted by molar-refractivity contribution is 0.0599. The molecule has 3 N–H and O–H groups in total. The number of phenols is 1. The van der Waals surface area contributed by atoms with E-state index in [1.807, 2.05) is 6.92 Å². The van der Waals surface area contributed by atoms with Gasteiger partial charge in [0, 0.05) is 17.8 Å². The number of nitrogens with zero attached hydrogens (tertiary/aromatic N) is 1. The summed E-state index contributed by atoms with van der Waals surface area (Å²) in [5.41, 5.74) is 8.80. The molecule has 1 aliphatic heterocycles. The average molecular weight is 314 g/mol. The summed E-state index contributed by atoms with van der Waals surface area (Å²) in [6.45, 7) is 2.44. The molecule has 23 heavy (non-hydrogen) atoms. The van der Waals surface area contributed by atoms with Gasteiger partial charge in [-0.3, -0.25) is 4.79 Å². The predicted molar refractivity (Wildman–Crippen MR) is 86.6 cm³/mol. The second kappa shape index (κ2) is 5.46. The molecular weight excluding hydrogens is 296 g/mol. The number of nitrogens with two attached hydrogens (primary N) is 1. The van der Waals surface area contributed by atoms with Crippen LogP contribution in [0, 0.1) is 6.92 Å². The van der Waals surface area contributed by atoms with Gasteiger partial charge in [0.1, 0.15) is 11.3 Å². The first kappa shape index (κ1) is 15.1. The number of fused-ring (bicyclic) bond motifs is 1. The van der Waals surface area contributed by atoms with E-state index in [0.717, 1.165) is 23.2 Å². The number of aromatic hydroxyl groups is 1. The molecule has 0 atom stereocenters. The monoisotopic (exact) mass is 314 g/mol. The molecule has 0 unspecified atom stereocenters. The van der Waals surface area contributed by atoms with Gasteiger partial charge in [0.25, 0.3) is 5.56 Å². The topological polar surface area (TPSA) is 94.5 Å². The average Bonchev–Trinajstić information content (AvgIpc) is 3.00. The Morgan fingerprint density at radius 1 is 1.39 bits per heavy atom. The first-order valence-electron chi connectivity index (χ1n) is 7.39. The van der Waals surface area contributed by atoms with Crippen LogP contribution < -0.4 is 11.3 Å². The van der Waals surface area contributed by atoms with Gasteiger partial charge < -0.3 is 20.1 Å². The number of methoxy groups -OCH3 is 1. The van der Waals surface area contributed by atoms with Crippen molar-refractivity contribution in [3.05, 3.63) is 45.4 Å². The van der Waals surface area contributed by atoms with E-state index in [1.54, 1.807) is 22.8 Å². The molecule has 3 rings (SSSR count). The number of anilines is 1. The molecule has 2 heterocycles. The van der Waals surface area contributed by atoms with E-state index in [2.05, 4.69) is 0 Å². The Morgan fingerprint density at radius 2 is 2.13 bits per heavy atom. The second-order valence-corrected chi connectivity index (χ2v) is 5.66. The lowest BCUT2D eigenvalue weighted by Crippen LogP contribution is -2.29. The minimum atomic E-state index is -0.742. The summed E-state index contributed by atoms with van der Waals surface area (Å²) in [5.74, 6) is -0.638. The van der Waals surface area contributed by atoms with E-state index in [0.29, 0.717) is 18.5 Å². The van der Waals surface area contributed by atoms with Gasteiger partial charge in [0.05, 0.1) is 12.8 Å². The minimum Gasteiger partial charge on any atom is -0.508 e. The maximum Gasteiger partial charge on any atom is 0.345 e. The van der Waals surface area contributed by atoms with Gasteiger partial charge in [-0.25, -0.2) is 4.79 Å². The molecule has 0 saturated heterocycles. The van der Waals surface area contributed by atoms with Crippen molar-refractivity contribution in [3.8, 4) is 16.9 Å². The summed E-state index contributed by atoms with van der Waals surface area (Å²) in [6, 6.07) is 4.97. The van der Waals surface area contributed by atoms with Crippen LogP contribution in [0.3, 0.4) is 0 Å². The number of carbonyl (C=O) groups is 1. The molecule has 120 valence electrons. The van der Waals surface area contributed by atoms with Crippen LogP contribution in [0.1, 0.15) is 28.0 Å². The van der Waals surface area contributed by atoms with Crippen molar-refractivity contribution >= 4 is 11.7 Å². The molecule has 0 fully saturated rings. The Bertz CT molecular complexity index is 868. The van der Waals surface area contributed by atoms with Crippen LogP contribution in [0.2, 0.25) is 0 Å². The first-order chi connectivity index (χ1) is 11.0. The van der Waals surface area contributed by atoms with Crippen LogP contribution in [-0.4, -0.2) is 22.8 Å². The Kier molecular flexibility index (Phi) is 3.60. The normalized spacial score (nSPS) is 13.0. The number of hydrogen-bond donors (Lipinski definition) is 2. The third-order valence-corrected chi connectivity index (χ3v) is 4.29. The predicted octanol–water partition coefficient (Wildman–Crippen LogP) is 1.84. The van der Waals surface area contributed by atoms with Gasteiger partial charge in [-0.1, -0.05) is 6.07 Å². The van der Waals surface area contributed by atoms with Crippen molar-refractivity contribution in [1.29, 1.82) is 0 Å². The molecule has 2 aromatic rings. The third kappa shape index (κ3) is 2.27. The molecular formula is C17H18N2O4. The quantitative estimate of drug-likeness (QED) is 0.825. The van der Waals surface area contributed by atoms with Gasteiger partial charge in [0.15, 0.2) is 0 Å². The lowest BCUT2D eigenvalue weighted by Gasteiger charge is -2.18. The van der Waals surface area contributed by atoms with Crippen molar-refractivity contribution in [3.63, 3.8) is 0 Å². The Labute approximate surface area is 133 Å². The largest absolute Gasteiger partial charge is 0.508 e. The van der Waals surface area contributed by atoms with Crippen LogP contribution in [0.5, 0.6) is 5.75 Å². The second-order valence-electron chi connectivity index (χ2n) is 5.66. The number of carbonyl (C=O) groups excluding carboxylic acids is 1. The number of aryl methyl sites for hydroxylation is 1. The summed E-state index contributed by atoms with van der Waals surface area (Å²) >= 11 is 0. The molecule has 0 amide bonds. The third-order valence-electron chi connectivity index (χ3n) is 4.29. The van der Waals surface area contributed by atoms with Crippen molar-refractivity contribution in [2.45, 2.75) is 26.3 Å². The summed E-state index contributed by atoms with van der Waals surface area (Å²) in [4.78, 5) is 24.6. The van der Waals surface area contributed by atoms with E-state index < -0.39 is 11.5 Å². The van der Waals surface area contributed by atoms with Crippen LogP contribution in [0.4, 0.5) is 5.69 Å². The van der Waals surface area contributed by atoms with Gasteiger partial charge in [-0.15, -0.1) is 0 Å². The van der Waals surface area contributed by atoms with Crippen LogP contribution in [0.15, 0.2) is 23.0 Å². The zero-order chi connectivity index (χ0) is 16.7. The molecule has 1 aromatic heterocycles. The number of hydrogen-bond acceptors (Lipinski definition) is 5. The van der Waals surface area contributed by atoms with E-state index >= 15 is 0 Å². The molecule has 0 bridgehead atoms. The number of benzene rings is 1.